The van der Waals surface area contributed by atoms with Gasteiger partial charge in [0.25, 0.3) is 0 Å². The van der Waals surface area contributed by atoms with Crippen molar-refractivity contribution in [2.24, 2.45) is 0 Å². The first-order valence-corrected chi connectivity index (χ1v) is 17.0. The zero-order valence-corrected chi connectivity index (χ0v) is 27.4. The molecule has 4 nitrogen and oxygen atoms in total. The minimum Gasteiger partial charge on any atom is -0.309 e. The standard InChI is InChI=1S/C45H24N4S/c1-48-35-15-17-43-40(25-35)39-20-28(26-46)14-16-42(39)49(43)36-19-29(27-47)18-33(22-36)31-10-7-11-32(21-31)34-23-38(30-8-3-2-4-9-30)45-41(24-34)37-12-5-6-13-44(37)50-45/h2-25H. The van der Waals surface area contributed by atoms with Crippen LogP contribution in [0.1, 0.15) is 11.1 Å². The summed E-state index contributed by atoms with van der Waals surface area (Å²) in [6, 6.07) is 54.1. The van der Waals surface area contributed by atoms with Gasteiger partial charge in [0.1, 0.15) is 0 Å². The Morgan fingerprint density at radius 2 is 1.22 bits per heavy atom. The number of fused-ring (bicyclic) bond motifs is 6. The molecule has 230 valence electrons. The van der Waals surface area contributed by atoms with Crippen molar-refractivity contribution in [2.45, 2.75) is 0 Å². The highest BCUT2D eigenvalue weighted by molar-refractivity contribution is 7.26. The number of benzene rings is 7. The zero-order valence-electron chi connectivity index (χ0n) is 26.6. The smallest absolute Gasteiger partial charge is 0.188 e. The second-order valence-corrected chi connectivity index (χ2v) is 13.4. The summed E-state index contributed by atoms with van der Waals surface area (Å²) in [6.45, 7) is 7.58. The van der Waals surface area contributed by atoms with Crippen molar-refractivity contribution < 1.29 is 0 Å². The van der Waals surface area contributed by atoms with Gasteiger partial charge in [-0.2, -0.15) is 10.5 Å². The van der Waals surface area contributed by atoms with Gasteiger partial charge in [-0.25, -0.2) is 4.85 Å². The fraction of sp³-hybridized carbons (Fsp3) is 0. The van der Waals surface area contributed by atoms with Crippen molar-refractivity contribution in [3.05, 3.63) is 168 Å². The number of hydrogen-bond acceptors (Lipinski definition) is 3. The van der Waals surface area contributed by atoms with E-state index in [1.807, 2.05) is 59.9 Å². The lowest BCUT2D eigenvalue weighted by Crippen LogP contribution is -1.96. The fourth-order valence-electron chi connectivity index (χ4n) is 7.10. The Morgan fingerprint density at radius 3 is 2.00 bits per heavy atom. The maximum atomic E-state index is 10.2. The predicted octanol–water partition coefficient (Wildman–Crippen LogP) is 12.4. The molecule has 2 heterocycles. The van der Waals surface area contributed by atoms with Crippen LogP contribution >= 0.6 is 11.3 Å². The molecule has 0 radical (unpaired) electrons. The predicted molar refractivity (Wildman–Crippen MR) is 206 cm³/mol. The maximum Gasteiger partial charge on any atom is 0.188 e. The summed E-state index contributed by atoms with van der Waals surface area (Å²) in [6.07, 6.45) is 0. The van der Waals surface area contributed by atoms with Crippen LogP contribution in [0.3, 0.4) is 0 Å². The summed E-state index contributed by atoms with van der Waals surface area (Å²) < 4.78 is 4.67. The molecule has 0 aliphatic carbocycles. The second-order valence-electron chi connectivity index (χ2n) is 12.3. The Hall–Kier alpha value is -6.97. The Morgan fingerprint density at radius 1 is 0.520 bits per heavy atom. The number of hydrogen-bond donors (Lipinski definition) is 0. The number of aromatic nitrogens is 1. The molecule has 0 N–H and O–H groups in total. The highest BCUT2D eigenvalue weighted by Gasteiger charge is 2.17. The third kappa shape index (κ3) is 4.72. The molecule has 0 saturated carbocycles. The molecule has 0 amide bonds. The first-order valence-electron chi connectivity index (χ1n) is 16.1. The zero-order chi connectivity index (χ0) is 33.8. The summed E-state index contributed by atoms with van der Waals surface area (Å²) in [4.78, 5) is 3.65. The van der Waals surface area contributed by atoms with Crippen molar-refractivity contribution in [3.63, 3.8) is 0 Å². The number of rotatable bonds is 4. The summed E-state index contributed by atoms with van der Waals surface area (Å²) >= 11 is 1.83. The van der Waals surface area contributed by atoms with E-state index >= 15 is 0 Å². The first-order chi connectivity index (χ1) is 24.6. The molecule has 0 aliphatic rings. The first kappa shape index (κ1) is 29.2. The largest absolute Gasteiger partial charge is 0.309 e. The molecule has 9 aromatic rings. The molecular weight excluding hydrogens is 629 g/mol. The van der Waals surface area contributed by atoms with Crippen LogP contribution in [0.5, 0.6) is 0 Å². The van der Waals surface area contributed by atoms with E-state index < -0.39 is 0 Å². The third-order valence-electron chi connectivity index (χ3n) is 9.40. The summed E-state index contributed by atoms with van der Waals surface area (Å²) in [5, 5.41) is 24.1. The molecule has 7 aromatic carbocycles. The minimum atomic E-state index is 0.534. The van der Waals surface area contributed by atoms with Gasteiger partial charge in [-0.15, -0.1) is 11.3 Å². The number of thiophene rings is 1. The topological polar surface area (TPSA) is 56.9 Å². The van der Waals surface area contributed by atoms with Crippen LogP contribution in [0.25, 0.3) is 85.9 Å². The van der Waals surface area contributed by atoms with Gasteiger partial charge >= 0.3 is 0 Å². The molecule has 2 aromatic heterocycles. The van der Waals surface area contributed by atoms with Gasteiger partial charge < -0.3 is 4.57 Å². The van der Waals surface area contributed by atoms with Crippen molar-refractivity contribution in [1.82, 2.24) is 4.57 Å². The normalized spacial score (nSPS) is 11.1. The van der Waals surface area contributed by atoms with E-state index in [2.05, 4.69) is 119 Å². The lowest BCUT2D eigenvalue weighted by atomic mass is 9.93. The molecule has 0 saturated heterocycles. The number of nitrogens with zero attached hydrogens (tertiary/aromatic N) is 4. The van der Waals surface area contributed by atoms with Crippen molar-refractivity contribution in [1.29, 1.82) is 10.5 Å². The Balaban J connectivity index is 1.23. The van der Waals surface area contributed by atoms with Gasteiger partial charge in [-0.3, -0.25) is 0 Å². The maximum absolute atomic E-state index is 10.2. The Kier molecular flexibility index (Phi) is 6.78. The molecule has 50 heavy (non-hydrogen) atoms. The summed E-state index contributed by atoms with van der Waals surface area (Å²) in [5.74, 6) is 0. The second kappa shape index (κ2) is 11.6. The molecule has 0 fully saturated rings. The van der Waals surface area contributed by atoms with E-state index in [-0.39, 0.29) is 0 Å². The van der Waals surface area contributed by atoms with Gasteiger partial charge in [0.05, 0.1) is 40.9 Å². The SMILES string of the molecule is [C-]#[N+]c1ccc2c(c1)c1cc(C#N)ccc1n2-c1cc(C#N)cc(-c2cccc(-c3cc(-c4ccccc4)c4sc5ccccc5c4c3)c2)c1. The molecular formula is C45H24N4S. The van der Waals surface area contributed by atoms with E-state index in [9.17, 15) is 10.5 Å². The molecule has 0 spiro atoms. The van der Waals surface area contributed by atoms with Crippen LogP contribution in [0.15, 0.2) is 146 Å². The van der Waals surface area contributed by atoms with E-state index in [4.69, 9.17) is 6.57 Å². The molecule has 5 heteroatoms. The van der Waals surface area contributed by atoms with Crippen LogP contribution < -0.4 is 0 Å². The molecule has 0 atom stereocenters. The lowest BCUT2D eigenvalue weighted by Gasteiger charge is -2.13. The van der Waals surface area contributed by atoms with Crippen molar-refractivity contribution in [3.8, 4) is 51.2 Å². The highest BCUT2D eigenvalue weighted by Crippen LogP contribution is 2.43. The van der Waals surface area contributed by atoms with E-state index in [0.717, 1.165) is 49.7 Å². The number of nitriles is 2. The van der Waals surface area contributed by atoms with Crippen LogP contribution in [0.4, 0.5) is 5.69 Å². The molecule has 0 aliphatic heterocycles. The van der Waals surface area contributed by atoms with Crippen molar-refractivity contribution in [2.75, 3.05) is 0 Å². The molecule has 0 bridgehead atoms. The van der Waals surface area contributed by atoms with Crippen LogP contribution in [0.2, 0.25) is 0 Å². The van der Waals surface area contributed by atoms with Crippen molar-refractivity contribution >= 4 is 59.0 Å². The van der Waals surface area contributed by atoms with Crippen LogP contribution in [-0.2, 0) is 0 Å². The molecule has 0 unspecified atom stereocenters. The van der Waals surface area contributed by atoms with Gasteiger partial charge in [0.2, 0.25) is 0 Å². The van der Waals surface area contributed by atoms with E-state index in [0.29, 0.717) is 16.8 Å². The van der Waals surface area contributed by atoms with E-state index in [1.165, 1.54) is 31.3 Å². The Labute approximate surface area is 292 Å². The lowest BCUT2D eigenvalue weighted by molar-refractivity contribution is 1.18. The van der Waals surface area contributed by atoms with E-state index in [1.54, 1.807) is 0 Å². The third-order valence-corrected chi connectivity index (χ3v) is 10.6. The van der Waals surface area contributed by atoms with Crippen LogP contribution in [-0.4, -0.2) is 4.57 Å². The molecule has 9 rings (SSSR count). The van der Waals surface area contributed by atoms with Gasteiger partial charge in [-0.1, -0.05) is 72.8 Å². The quantitative estimate of drug-likeness (QED) is 0.178. The van der Waals surface area contributed by atoms with Crippen LogP contribution in [0, 0.1) is 29.2 Å². The summed E-state index contributed by atoms with van der Waals surface area (Å²) in [5.41, 5.74) is 10.8. The average molecular weight is 653 g/mol. The van der Waals surface area contributed by atoms with Gasteiger partial charge in [0.15, 0.2) is 5.69 Å². The highest BCUT2D eigenvalue weighted by atomic mass is 32.1. The minimum absolute atomic E-state index is 0.534. The average Bonchev–Trinajstić information content (AvgIpc) is 3.72. The Bertz CT molecular complexity index is 2890. The summed E-state index contributed by atoms with van der Waals surface area (Å²) in [7, 11) is 0. The monoisotopic (exact) mass is 652 g/mol. The van der Waals surface area contributed by atoms with Gasteiger partial charge in [-0.05, 0) is 106 Å². The van der Waals surface area contributed by atoms with Gasteiger partial charge in [0, 0.05) is 36.8 Å². The fourth-order valence-corrected chi connectivity index (χ4v) is 8.32.